The zero-order valence-corrected chi connectivity index (χ0v) is 24.5. The van der Waals surface area contributed by atoms with E-state index in [1.54, 1.807) is 41.4 Å². The van der Waals surface area contributed by atoms with Gasteiger partial charge in [-0.3, -0.25) is 9.97 Å². The quantitative estimate of drug-likeness (QED) is 0.269. The summed E-state index contributed by atoms with van der Waals surface area (Å²) < 4.78 is 17.2. The molecule has 0 radical (unpaired) electrons. The molecule has 4 aromatic rings. The van der Waals surface area contributed by atoms with Crippen LogP contribution in [0.1, 0.15) is 30.7 Å². The first-order valence-corrected chi connectivity index (χ1v) is 13.9. The first kappa shape index (κ1) is 28.9. The highest BCUT2D eigenvalue weighted by molar-refractivity contribution is 6.33. The molecule has 2 N–H and O–H groups in total. The highest BCUT2D eigenvalue weighted by Crippen LogP contribution is 2.39. The normalized spacial score (nSPS) is 16.5. The Hall–Kier alpha value is -4.59. The standard InChI is InChI=1S/C31H31ClN6O4/c1-18-6-5-9-34-27(18)17-41-22-7-8-25(24(32)10-22)37-30-21(13-33)14-35-26-12-29(28(40-4)11-23(26)30)42-31(39)38-15-19(2)36-20(3)16-38/h5-12,14,19-20,36H,15-17H2,1-4H3,(H,35,37)/t19-,20-/m0/s1. The molecule has 3 heterocycles. The van der Waals surface area contributed by atoms with Crippen molar-refractivity contribution in [1.82, 2.24) is 20.2 Å². The molecule has 5 rings (SSSR count). The Labute approximate surface area is 249 Å². The number of ether oxygens (including phenoxy) is 3. The summed E-state index contributed by atoms with van der Waals surface area (Å²) in [7, 11) is 1.49. The van der Waals surface area contributed by atoms with Gasteiger partial charge in [-0.25, -0.2) is 4.79 Å². The van der Waals surface area contributed by atoms with Gasteiger partial charge in [-0.15, -0.1) is 0 Å². The Bertz CT molecular complexity index is 1660. The Balaban J connectivity index is 1.40. The number of amides is 1. The molecule has 1 aliphatic heterocycles. The fourth-order valence-corrected chi connectivity index (χ4v) is 5.15. The zero-order chi connectivity index (χ0) is 29.8. The fourth-order valence-electron chi connectivity index (χ4n) is 4.94. The molecule has 1 fully saturated rings. The maximum Gasteiger partial charge on any atom is 0.415 e. The van der Waals surface area contributed by atoms with Gasteiger partial charge in [0.05, 0.1) is 40.3 Å². The smallest absolute Gasteiger partial charge is 0.415 e. The molecular weight excluding hydrogens is 556 g/mol. The van der Waals surface area contributed by atoms with Crippen molar-refractivity contribution in [3.63, 3.8) is 0 Å². The van der Waals surface area contributed by atoms with Gasteiger partial charge in [-0.05, 0) is 50.6 Å². The van der Waals surface area contributed by atoms with E-state index in [4.69, 9.17) is 25.8 Å². The number of halogens is 1. The number of nitrogens with zero attached hydrogens (tertiary/aromatic N) is 4. The second kappa shape index (κ2) is 12.5. The van der Waals surface area contributed by atoms with Gasteiger partial charge in [-0.2, -0.15) is 5.26 Å². The maximum atomic E-state index is 13.0. The second-order valence-electron chi connectivity index (χ2n) is 10.2. The van der Waals surface area contributed by atoms with E-state index in [2.05, 4.69) is 26.7 Å². The third kappa shape index (κ3) is 6.33. The Morgan fingerprint density at radius 2 is 1.95 bits per heavy atom. The van der Waals surface area contributed by atoms with E-state index in [1.807, 2.05) is 32.9 Å². The number of carbonyl (C=O) groups is 1. The van der Waals surface area contributed by atoms with Crippen molar-refractivity contribution in [3.8, 4) is 23.3 Å². The molecule has 0 bridgehead atoms. The van der Waals surface area contributed by atoms with Gasteiger partial charge in [0.1, 0.15) is 18.4 Å². The number of nitriles is 1. The molecule has 2 aromatic heterocycles. The minimum absolute atomic E-state index is 0.150. The molecule has 0 spiro atoms. The molecule has 0 aliphatic carbocycles. The van der Waals surface area contributed by atoms with Crippen LogP contribution in [0, 0.1) is 18.3 Å². The monoisotopic (exact) mass is 586 g/mol. The van der Waals surface area contributed by atoms with Gasteiger partial charge < -0.3 is 29.7 Å². The molecule has 0 saturated carbocycles. The molecule has 10 nitrogen and oxygen atoms in total. The van der Waals surface area contributed by atoms with Crippen molar-refractivity contribution in [2.75, 3.05) is 25.5 Å². The average Bonchev–Trinajstić information content (AvgIpc) is 2.97. The maximum absolute atomic E-state index is 13.0. The number of nitrogens with one attached hydrogen (secondary N) is 2. The third-order valence-electron chi connectivity index (χ3n) is 6.98. The lowest BCUT2D eigenvalue weighted by Crippen LogP contribution is -2.56. The molecular formula is C31H31ClN6O4. The minimum Gasteiger partial charge on any atom is -0.493 e. The molecule has 42 heavy (non-hydrogen) atoms. The summed E-state index contributed by atoms with van der Waals surface area (Å²) >= 11 is 6.63. The molecule has 1 aliphatic rings. The molecule has 11 heteroatoms. The van der Waals surface area contributed by atoms with Crippen LogP contribution in [0.25, 0.3) is 10.9 Å². The van der Waals surface area contributed by atoms with Gasteiger partial charge in [0.15, 0.2) is 11.5 Å². The lowest BCUT2D eigenvalue weighted by atomic mass is 10.1. The number of aromatic nitrogens is 2. The van der Waals surface area contributed by atoms with Crippen LogP contribution < -0.4 is 24.8 Å². The largest absolute Gasteiger partial charge is 0.493 e. The van der Waals surface area contributed by atoms with Crippen molar-refractivity contribution in [3.05, 3.63) is 76.7 Å². The fraction of sp³-hybridized carbons (Fsp3) is 0.290. The predicted octanol–water partition coefficient (Wildman–Crippen LogP) is 5.98. The van der Waals surface area contributed by atoms with Gasteiger partial charge in [0.2, 0.25) is 0 Å². The summed E-state index contributed by atoms with van der Waals surface area (Å²) in [5, 5.41) is 17.5. The summed E-state index contributed by atoms with van der Waals surface area (Å²) in [5.74, 6) is 1.14. The average molecular weight is 587 g/mol. The van der Waals surface area contributed by atoms with Crippen LogP contribution in [0.15, 0.2) is 54.9 Å². The Kier molecular flexibility index (Phi) is 8.61. The number of pyridine rings is 2. The summed E-state index contributed by atoms with van der Waals surface area (Å²) in [5.41, 5.74) is 3.75. The van der Waals surface area contributed by atoms with Crippen LogP contribution in [0.3, 0.4) is 0 Å². The molecule has 216 valence electrons. The van der Waals surface area contributed by atoms with E-state index >= 15 is 0 Å². The lowest BCUT2D eigenvalue weighted by molar-refractivity contribution is 0.125. The zero-order valence-electron chi connectivity index (χ0n) is 23.8. The second-order valence-corrected chi connectivity index (χ2v) is 10.7. The Morgan fingerprint density at radius 1 is 1.17 bits per heavy atom. The van der Waals surface area contributed by atoms with Crippen LogP contribution in [-0.4, -0.2) is 53.2 Å². The SMILES string of the molecule is COc1cc2c(Nc3ccc(OCc4ncccc4C)cc3Cl)c(C#N)cnc2cc1OC(=O)N1C[C@H](C)N[C@@H](C)C1. The molecule has 2 aromatic carbocycles. The van der Waals surface area contributed by atoms with Crippen LogP contribution in [0.4, 0.5) is 16.2 Å². The number of hydrogen-bond acceptors (Lipinski definition) is 9. The van der Waals surface area contributed by atoms with Gasteiger partial charge in [0.25, 0.3) is 0 Å². The molecule has 0 unspecified atom stereocenters. The topological polar surface area (TPSA) is 122 Å². The summed E-state index contributed by atoms with van der Waals surface area (Å²) in [6, 6.07) is 14.9. The summed E-state index contributed by atoms with van der Waals surface area (Å²) in [6.45, 7) is 7.39. The molecule has 1 saturated heterocycles. The first-order valence-electron chi connectivity index (χ1n) is 13.5. The van der Waals surface area contributed by atoms with E-state index in [0.717, 1.165) is 11.3 Å². The number of aryl methyl sites for hydroxylation is 1. The highest BCUT2D eigenvalue weighted by atomic mass is 35.5. The molecule has 1 amide bonds. The number of rotatable bonds is 7. The number of methoxy groups -OCH3 is 1. The van der Waals surface area contributed by atoms with Gasteiger partial charge >= 0.3 is 6.09 Å². The lowest BCUT2D eigenvalue weighted by Gasteiger charge is -2.35. The van der Waals surface area contributed by atoms with E-state index in [9.17, 15) is 10.1 Å². The van der Waals surface area contributed by atoms with Crippen molar-refractivity contribution in [2.45, 2.75) is 39.5 Å². The van der Waals surface area contributed by atoms with Crippen molar-refractivity contribution >= 4 is 40.0 Å². The van der Waals surface area contributed by atoms with E-state index < -0.39 is 6.09 Å². The number of hydrogen-bond donors (Lipinski definition) is 2. The number of fused-ring (bicyclic) bond motifs is 1. The predicted molar refractivity (Wildman–Crippen MR) is 161 cm³/mol. The highest BCUT2D eigenvalue weighted by Gasteiger charge is 2.27. The van der Waals surface area contributed by atoms with Crippen molar-refractivity contribution < 1.29 is 19.0 Å². The third-order valence-corrected chi connectivity index (χ3v) is 7.29. The van der Waals surface area contributed by atoms with E-state index in [-0.39, 0.29) is 17.8 Å². The van der Waals surface area contributed by atoms with Gasteiger partial charge in [-0.1, -0.05) is 17.7 Å². The Morgan fingerprint density at radius 3 is 2.64 bits per heavy atom. The van der Waals surface area contributed by atoms with Crippen LogP contribution >= 0.6 is 11.6 Å². The number of piperazine rings is 1. The molecule has 2 atom stereocenters. The van der Waals surface area contributed by atoms with Crippen molar-refractivity contribution in [2.24, 2.45) is 0 Å². The first-order chi connectivity index (χ1) is 20.2. The van der Waals surface area contributed by atoms with Crippen LogP contribution in [0.2, 0.25) is 5.02 Å². The van der Waals surface area contributed by atoms with E-state index in [1.165, 1.54) is 13.3 Å². The number of carbonyl (C=O) groups excluding carboxylic acids is 1. The van der Waals surface area contributed by atoms with Crippen LogP contribution in [0.5, 0.6) is 17.2 Å². The van der Waals surface area contributed by atoms with Crippen molar-refractivity contribution in [1.29, 1.82) is 5.26 Å². The number of benzene rings is 2. The number of anilines is 2. The summed E-state index contributed by atoms with van der Waals surface area (Å²) in [6.07, 6.45) is 2.72. The van der Waals surface area contributed by atoms with Crippen LogP contribution in [-0.2, 0) is 6.61 Å². The van der Waals surface area contributed by atoms with E-state index in [0.29, 0.717) is 64.1 Å². The summed E-state index contributed by atoms with van der Waals surface area (Å²) in [4.78, 5) is 23.5. The minimum atomic E-state index is -0.466. The van der Waals surface area contributed by atoms with Gasteiger partial charge in [0, 0.05) is 55.1 Å².